The van der Waals surface area contributed by atoms with Crippen LogP contribution in [-0.2, 0) is 0 Å². The first-order chi connectivity index (χ1) is 26.2. The number of benzene rings is 8. The van der Waals surface area contributed by atoms with Gasteiger partial charge in [0, 0.05) is 44.0 Å². The van der Waals surface area contributed by atoms with Gasteiger partial charge in [0.1, 0.15) is 16.9 Å². The Hall–Kier alpha value is -7.11. The van der Waals surface area contributed by atoms with E-state index in [1.165, 1.54) is 0 Å². The van der Waals surface area contributed by atoms with Crippen LogP contribution < -0.4 is 4.74 Å². The third-order valence-electron chi connectivity index (χ3n) is 10.0. The van der Waals surface area contributed by atoms with Gasteiger partial charge in [-0.05, 0) is 57.6 Å². The molecule has 0 unspecified atom stereocenters. The van der Waals surface area contributed by atoms with Gasteiger partial charge in [0.05, 0.1) is 7.11 Å². The fourth-order valence-electron chi connectivity index (χ4n) is 7.52. The molecule has 2 aromatic heterocycles. The highest BCUT2D eigenvalue weighted by atomic mass is 16.5. The van der Waals surface area contributed by atoms with Crippen molar-refractivity contribution in [1.82, 2.24) is 15.0 Å². The third kappa shape index (κ3) is 5.21. The van der Waals surface area contributed by atoms with E-state index in [2.05, 4.69) is 109 Å². The lowest BCUT2D eigenvalue weighted by Crippen LogP contribution is -2.02. The first kappa shape index (κ1) is 30.7. The molecule has 8 aromatic carbocycles. The average Bonchev–Trinajstić information content (AvgIpc) is 3.62. The number of aromatic nitrogens is 3. The van der Waals surface area contributed by atoms with Crippen molar-refractivity contribution in [2.75, 3.05) is 7.11 Å². The van der Waals surface area contributed by atoms with E-state index < -0.39 is 0 Å². The zero-order valence-electron chi connectivity index (χ0n) is 28.8. The Morgan fingerprint density at radius 1 is 0.415 bits per heavy atom. The highest BCUT2D eigenvalue weighted by molar-refractivity contribution is 6.19. The summed E-state index contributed by atoms with van der Waals surface area (Å²) in [6, 6.07) is 58.2. The summed E-state index contributed by atoms with van der Waals surface area (Å²) >= 11 is 0. The summed E-state index contributed by atoms with van der Waals surface area (Å²) in [5.41, 5.74) is 8.33. The van der Waals surface area contributed by atoms with E-state index in [4.69, 9.17) is 24.1 Å². The molecule has 0 atom stereocenters. The lowest BCUT2D eigenvalue weighted by atomic mass is 9.89. The molecule has 53 heavy (non-hydrogen) atoms. The molecular weight excluding hydrogens is 651 g/mol. The van der Waals surface area contributed by atoms with E-state index in [1.54, 1.807) is 7.11 Å². The monoisotopic (exact) mass is 681 g/mol. The SMILES string of the molecule is COc1c(-c2cc3c4ccccc4oc3c3ccccc23)ccc(-c2nc(-c3ccccc3)nc(-c3ccc4ccccc4c3)n2)c1-c1ccccc1. The predicted octanol–water partition coefficient (Wildman–Crippen LogP) is 12.4. The number of nitrogens with zero attached hydrogens (tertiary/aromatic N) is 3. The molecule has 0 fully saturated rings. The number of hydrogen-bond donors (Lipinski definition) is 0. The van der Waals surface area contributed by atoms with Gasteiger partial charge in [-0.1, -0.05) is 140 Å². The lowest BCUT2D eigenvalue weighted by Gasteiger charge is -2.19. The second-order valence-electron chi connectivity index (χ2n) is 13.1. The Balaban J connectivity index is 1.26. The van der Waals surface area contributed by atoms with E-state index in [-0.39, 0.29) is 0 Å². The van der Waals surface area contributed by atoms with E-state index >= 15 is 0 Å². The number of para-hydroxylation sites is 1. The molecule has 10 aromatic rings. The van der Waals surface area contributed by atoms with Crippen LogP contribution in [-0.4, -0.2) is 22.1 Å². The van der Waals surface area contributed by atoms with Crippen molar-refractivity contribution in [2.45, 2.75) is 0 Å². The Labute approximate surface area is 305 Å². The third-order valence-corrected chi connectivity index (χ3v) is 10.0. The second kappa shape index (κ2) is 12.6. The normalized spacial score (nSPS) is 11.5. The van der Waals surface area contributed by atoms with E-state index in [9.17, 15) is 0 Å². The van der Waals surface area contributed by atoms with Crippen LogP contribution in [0.3, 0.4) is 0 Å². The largest absolute Gasteiger partial charge is 0.495 e. The van der Waals surface area contributed by atoms with E-state index in [0.29, 0.717) is 17.5 Å². The van der Waals surface area contributed by atoms with Gasteiger partial charge in [0.25, 0.3) is 0 Å². The van der Waals surface area contributed by atoms with Gasteiger partial charge in [-0.3, -0.25) is 0 Å². The van der Waals surface area contributed by atoms with Gasteiger partial charge in [-0.25, -0.2) is 15.0 Å². The van der Waals surface area contributed by atoms with Crippen LogP contribution in [0.2, 0.25) is 0 Å². The van der Waals surface area contributed by atoms with Crippen molar-refractivity contribution in [3.8, 4) is 62.2 Å². The molecule has 0 spiro atoms. The Morgan fingerprint density at radius 2 is 1.02 bits per heavy atom. The number of furan rings is 1. The topological polar surface area (TPSA) is 61.0 Å². The second-order valence-corrected chi connectivity index (χ2v) is 13.1. The molecule has 0 saturated carbocycles. The summed E-state index contributed by atoms with van der Waals surface area (Å²) in [5, 5.41) is 6.55. The molecule has 5 nitrogen and oxygen atoms in total. The molecule has 0 bridgehead atoms. The number of hydrogen-bond acceptors (Lipinski definition) is 5. The van der Waals surface area contributed by atoms with Crippen molar-refractivity contribution in [1.29, 1.82) is 0 Å². The summed E-state index contributed by atoms with van der Waals surface area (Å²) < 4.78 is 12.9. The van der Waals surface area contributed by atoms with Crippen LogP contribution in [0.1, 0.15) is 0 Å². The number of ether oxygens (including phenoxy) is 1. The minimum absolute atomic E-state index is 0.562. The summed E-state index contributed by atoms with van der Waals surface area (Å²) in [6.45, 7) is 0. The summed E-state index contributed by atoms with van der Waals surface area (Å²) in [5.74, 6) is 2.50. The summed E-state index contributed by atoms with van der Waals surface area (Å²) in [6.07, 6.45) is 0. The van der Waals surface area contributed by atoms with Crippen molar-refractivity contribution in [2.24, 2.45) is 0 Å². The molecule has 10 rings (SSSR count). The molecule has 0 aliphatic heterocycles. The Morgan fingerprint density at radius 3 is 1.79 bits per heavy atom. The number of fused-ring (bicyclic) bond motifs is 6. The fourth-order valence-corrected chi connectivity index (χ4v) is 7.52. The van der Waals surface area contributed by atoms with Crippen LogP contribution in [0.25, 0.3) is 99.9 Å². The highest BCUT2D eigenvalue weighted by Gasteiger charge is 2.24. The van der Waals surface area contributed by atoms with E-state index in [1.807, 2.05) is 60.7 Å². The molecule has 2 heterocycles. The molecule has 5 heteroatoms. The predicted molar refractivity (Wildman–Crippen MR) is 216 cm³/mol. The lowest BCUT2D eigenvalue weighted by molar-refractivity contribution is 0.418. The van der Waals surface area contributed by atoms with Crippen LogP contribution in [0, 0.1) is 0 Å². The van der Waals surface area contributed by atoms with Crippen molar-refractivity contribution >= 4 is 43.5 Å². The quantitative estimate of drug-likeness (QED) is 0.175. The van der Waals surface area contributed by atoms with Gasteiger partial charge < -0.3 is 9.15 Å². The summed E-state index contributed by atoms with van der Waals surface area (Å²) in [4.78, 5) is 15.4. The van der Waals surface area contributed by atoms with Gasteiger partial charge in [0.2, 0.25) is 0 Å². The zero-order valence-corrected chi connectivity index (χ0v) is 28.8. The van der Waals surface area contributed by atoms with E-state index in [0.717, 1.165) is 88.2 Å². The minimum atomic E-state index is 0.562. The van der Waals surface area contributed by atoms with Crippen molar-refractivity contribution < 1.29 is 9.15 Å². The Bertz CT molecular complexity index is 2990. The van der Waals surface area contributed by atoms with Gasteiger partial charge in [-0.15, -0.1) is 0 Å². The van der Waals surface area contributed by atoms with Crippen molar-refractivity contribution in [3.05, 3.63) is 170 Å². The molecular formula is C48H31N3O2. The maximum absolute atomic E-state index is 6.46. The minimum Gasteiger partial charge on any atom is -0.495 e. The molecule has 0 amide bonds. The van der Waals surface area contributed by atoms with Gasteiger partial charge >= 0.3 is 0 Å². The standard InChI is InChI=1S/C48H31N3O2/c1-52-45-38(40-29-41-36-21-12-13-23-42(36)53-44(41)37-22-11-10-20-35(37)40)26-27-39(43(45)31-15-4-2-5-16-31)48-50-46(32-17-6-3-7-18-32)49-47(51-48)34-25-24-30-14-8-9-19-33(30)28-34/h2-29H,1H3. The van der Waals surface area contributed by atoms with Crippen LogP contribution in [0.5, 0.6) is 5.75 Å². The first-order valence-electron chi connectivity index (χ1n) is 17.6. The Kier molecular flexibility index (Phi) is 7.29. The average molecular weight is 682 g/mol. The number of methoxy groups -OCH3 is 1. The molecule has 250 valence electrons. The molecule has 0 N–H and O–H groups in total. The highest BCUT2D eigenvalue weighted by Crippen LogP contribution is 2.48. The maximum Gasteiger partial charge on any atom is 0.164 e. The van der Waals surface area contributed by atoms with Gasteiger partial charge in [-0.2, -0.15) is 0 Å². The molecule has 0 saturated heterocycles. The fraction of sp³-hybridized carbons (Fsp3) is 0.0208. The van der Waals surface area contributed by atoms with Crippen molar-refractivity contribution in [3.63, 3.8) is 0 Å². The zero-order chi connectivity index (χ0) is 35.3. The molecule has 0 aliphatic rings. The summed E-state index contributed by atoms with van der Waals surface area (Å²) in [7, 11) is 1.74. The molecule has 0 aliphatic carbocycles. The van der Waals surface area contributed by atoms with Gasteiger partial charge in [0.15, 0.2) is 17.5 Å². The molecule has 0 radical (unpaired) electrons. The maximum atomic E-state index is 6.46. The van der Waals surface area contributed by atoms with Crippen LogP contribution in [0.4, 0.5) is 0 Å². The first-order valence-corrected chi connectivity index (χ1v) is 17.6. The van der Waals surface area contributed by atoms with Crippen LogP contribution >= 0.6 is 0 Å². The smallest absolute Gasteiger partial charge is 0.164 e. The number of rotatable bonds is 6. The van der Waals surface area contributed by atoms with Crippen LogP contribution in [0.15, 0.2) is 174 Å².